The van der Waals surface area contributed by atoms with Crippen LogP contribution in [0.25, 0.3) is 0 Å². The minimum absolute atomic E-state index is 0.512. The summed E-state index contributed by atoms with van der Waals surface area (Å²) in [6, 6.07) is 1.89. The fraction of sp³-hybridized carbons (Fsp3) is 0.889. The average molecular weight is 388 g/mol. The Kier molecular flexibility index (Phi) is 7.11. The zero-order valence-corrected chi connectivity index (χ0v) is 15.4. The number of hydrogen-bond acceptors (Lipinski definition) is 4. The van der Waals surface area contributed by atoms with Crippen LogP contribution in [-0.2, 0) is 10.0 Å². The number of sulfonamides is 1. The highest BCUT2D eigenvalue weighted by atomic mass is 35.5. The maximum Gasteiger partial charge on any atom is 0.227 e. The molecule has 0 heterocycles. The Balaban J connectivity index is 5.68. The molecule has 0 saturated heterocycles. The van der Waals surface area contributed by atoms with Crippen LogP contribution in [0.5, 0.6) is 0 Å². The van der Waals surface area contributed by atoms with Crippen LogP contribution in [0, 0.1) is 11.3 Å². The van der Waals surface area contributed by atoms with Crippen LogP contribution in [0.2, 0.25) is 0 Å². The molecule has 0 spiro atoms. The first kappa shape index (κ1) is 19.9. The van der Waals surface area contributed by atoms with E-state index in [1.807, 2.05) is 6.07 Å². The first-order valence-corrected chi connectivity index (χ1v) is 9.00. The molecular formula is C9H14Cl4N2O2S2. The van der Waals surface area contributed by atoms with Gasteiger partial charge in [0.2, 0.25) is 13.7 Å². The van der Waals surface area contributed by atoms with Crippen LogP contribution in [0.4, 0.5) is 0 Å². The van der Waals surface area contributed by atoms with Crippen molar-refractivity contribution in [3.8, 4) is 6.07 Å². The van der Waals surface area contributed by atoms with Crippen molar-refractivity contribution in [1.29, 1.82) is 5.26 Å². The minimum Gasteiger partial charge on any atom is -0.211 e. The predicted octanol–water partition coefficient (Wildman–Crippen LogP) is 3.91. The second-order valence-corrected chi connectivity index (χ2v) is 11.1. The predicted molar refractivity (Wildman–Crippen MR) is 83.1 cm³/mol. The van der Waals surface area contributed by atoms with Crippen LogP contribution in [0.3, 0.4) is 0 Å². The molecule has 0 aliphatic carbocycles. The number of nitriles is 1. The molecule has 0 aliphatic heterocycles. The average Bonchev–Trinajstić information content (AvgIpc) is 2.25. The van der Waals surface area contributed by atoms with Gasteiger partial charge in [0.15, 0.2) is 4.84 Å². The quantitative estimate of drug-likeness (QED) is 0.511. The number of alkyl halides is 4. The lowest BCUT2D eigenvalue weighted by molar-refractivity contribution is 0.425. The van der Waals surface area contributed by atoms with E-state index in [2.05, 4.69) is 0 Å². The Hall–Kier alpha value is 0.910. The second kappa shape index (κ2) is 6.78. The van der Waals surface area contributed by atoms with Crippen molar-refractivity contribution >= 4 is 68.4 Å². The van der Waals surface area contributed by atoms with Crippen molar-refractivity contribution in [3.05, 3.63) is 0 Å². The molecule has 0 unspecified atom stereocenters. The van der Waals surface area contributed by atoms with E-state index in [1.165, 1.54) is 27.7 Å². The maximum atomic E-state index is 12.3. The van der Waals surface area contributed by atoms with Gasteiger partial charge in [-0.3, -0.25) is 0 Å². The molecule has 0 bridgehead atoms. The molecule has 0 atom stereocenters. The van der Waals surface area contributed by atoms with E-state index in [0.717, 1.165) is 3.71 Å². The topological polar surface area (TPSA) is 61.2 Å². The first-order valence-electron chi connectivity index (χ1n) is 5.09. The summed E-state index contributed by atoms with van der Waals surface area (Å²) in [7, 11) is -3.79. The maximum absolute atomic E-state index is 12.3. The molecule has 10 heteroatoms. The zero-order chi connectivity index (χ0) is 15.6. The Morgan fingerprint density at radius 2 is 1.68 bits per heavy atom. The molecule has 0 fully saturated rings. The molecule has 0 aromatic carbocycles. The largest absolute Gasteiger partial charge is 0.227 e. The lowest BCUT2D eigenvalue weighted by atomic mass is 10.1. The van der Waals surface area contributed by atoms with Gasteiger partial charge < -0.3 is 0 Å². The third-order valence-electron chi connectivity index (χ3n) is 2.02. The first-order chi connectivity index (χ1) is 8.29. The lowest BCUT2D eigenvalue weighted by Gasteiger charge is -2.36. The van der Waals surface area contributed by atoms with Crippen LogP contribution >= 0.6 is 58.4 Å². The van der Waals surface area contributed by atoms with Crippen molar-refractivity contribution < 1.29 is 8.42 Å². The highest BCUT2D eigenvalue weighted by molar-refractivity contribution is 8.11. The van der Waals surface area contributed by atoms with Crippen molar-refractivity contribution in [1.82, 2.24) is 3.71 Å². The third kappa shape index (κ3) is 4.99. The van der Waals surface area contributed by atoms with Gasteiger partial charge in [0.05, 0.1) is 11.3 Å². The van der Waals surface area contributed by atoms with E-state index >= 15 is 0 Å². The van der Waals surface area contributed by atoms with Gasteiger partial charge in [0.1, 0.15) is 5.54 Å². The number of hydrogen-bond donors (Lipinski definition) is 0. The van der Waals surface area contributed by atoms with Crippen LogP contribution < -0.4 is 0 Å². The van der Waals surface area contributed by atoms with Gasteiger partial charge in [-0.1, -0.05) is 23.2 Å². The fourth-order valence-electron chi connectivity index (χ4n) is 0.867. The molecule has 0 aliphatic rings. The van der Waals surface area contributed by atoms with Crippen LogP contribution in [0.15, 0.2) is 0 Å². The van der Waals surface area contributed by atoms with Gasteiger partial charge in [-0.2, -0.15) is 5.26 Å². The SMILES string of the molecule is CC(C)S(=O)(=O)N(SC(Cl)(Cl)C(Cl)Cl)C(C)(C)C#N. The van der Waals surface area contributed by atoms with Gasteiger partial charge in [0.25, 0.3) is 0 Å². The van der Waals surface area contributed by atoms with E-state index < -0.39 is 29.3 Å². The summed E-state index contributed by atoms with van der Waals surface area (Å²) < 4.78 is 23.6. The molecule has 19 heavy (non-hydrogen) atoms. The summed E-state index contributed by atoms with van der Waals surface area (Å²) in [5, 5.41) is 8.37. The van der Waals surface area contributed by atoms with Crippen molar-refractivity contribution in [3.63, 3.8) is 0 Å². The van der Waals surface area contributed by atoms with Crippen LogP contribution in [-0.4, -0.2) is 31.4 Å². The molecule has 0 rings (SSSR count). The lowest BCUT2D eigenvalue weighted by Crippen LogP contribution is -2.47. The fourth-order valence-corrected chi connectivity index (χ4v) is 4.68. The van der Waals surface area contributed by atoms with Gasteiger partial charge in [0, 0.05) is 0 Å². The normalized spacial score (nSPS) is 14.2. The van der Waals surface area contributed by atoms with E-state index in [4.69, 9.17) is 51.7 Å². The number of rotatable bonds is 6. The Morgan fingerprint density at radius 1 is 1.26 bits per heavy atom. The zero-order valence-electron chi connectivity index (χ0n) is 10.7. The molecule has 0 saturated carbocycles. The smallest absolute Gasteiger partial charge is 0.211 e. The van der Waals surface area contributed by atoms with E-state index in [1.54, 1.807) is 0 Å². The second-order valence-electron chi connectivity index (χ2n) is 4.45. The number of nitrogens with zero attached hydrogens (tertiary/aromatic N) is 2. The minimum atomic E-state index is -3.79. The summed E-state index contributed by atoms with van der Waals surface area (Å²) in [5.41, 5.74) is -1.36. The molecular weight excluding hydrogens is 374 g/mol. The Labute approximate surface area is 138 Å². The summed E-state index contributed by atoms with van der Waals surface area (Å²) in [5.74, 6) is 0. The summed E-state index contributed by atoms with van der Waals surface area (Å²) in [6.45, 7) is 5.83. The highest BCUT2D eigenvalue weighted by Crippen LogP contribution is 2.48. The van der Waals surface area contributed by atoms with E-state index in [-0.39, 0.29) is 0 Å². The standard InChI is InChI=1S/C9H14Cl4N2O2S2/c1-6(2)19(16,17)15(8(3,4)5-14)18-9(12,13)7(10)11/h6-7H,1-4H3. The third-order valence-corrected chi connectivity index (χ3v) is 8.28. The Morgan fingerprint density at radius 3 is 1.95 bits per heavy atom. The van der Waals surface area contributed by atoms with Crippen molar-refractivity contribution in [2.24, 2.45) is 0 Å². The molecule has 4 nitrogen and oxygen atoms in total. The van der Waals surface area contributed by atoms with Gasteiger partial charge >= 0.3 is 0 Å². The molecule has 0 amide bonds. The van der Waals surface area contributed by atoms with Gasteiger partial charge in [-0.15, -0.1) is 26.9 Å². The van der Waals surface area contributed by atoms with Gasteiger partial charge in [-0.05, 0) is 39.6 Å². The Bertz CT molecular complexity index is 457. The van der Waals surface area contributed by atoms with Gasteiger partial charge in [-0.25, -0.2) is 8.42 Å². The van der Waals surface area contributed by atoms with Crippen molar-refractivity contribution in [2.75, 3.05) is 0 Å². The van der Waals surface area contributed by atoms with Crippen molar-refractivity contribution in [2.45, 2.75) is 47.0 Å². The summed E-state index contributed by atoms with van der Waals surface area (Å²) in [4.78, 5) is -1.24. The summed E-state index contributed by atoms with van der Waals surface area (Å²) in [6.07, 6.45) is 0. The molecule has 0 aromatic heterocycles. The van der Waals surface area contributed by atoms with E-state index in [0.29, 0.717) is 11.9 Å². The monoisotopic (exact) mass is 386 g/mol. The molecule has 0 radical (unpaired) electrons. The number of halogens is 4. The highest BCUT2D eigenvalue weighted by Gasteiger charge is 2.46. The van der Waals surface area contributed by atoms with Crippen LogP contribution in [0.1, 0.15) is 27.7 Å². The van der Waals surface area contributed by atoms with E-state index in [9.17, 15) is 8.42 Å². The summed E-state index contributed by atoms with van der Waals surface area (Å²) >= 11 is 23.5. The molecule has 112 valence electrons. The molecule has 0 N–H and O–H groups in total. The molecule has 0 aromatic rings.